The highest BCUT2D eigenvalue weighted by Gasteiger charge is 2.11. The maximum absolute atomic E-state index is 12.1. The van der Waals surface area contributed by atoms with Crippen molar-refractivity contribution in [3.05, 3.63) is 46.2 Å². The second-order valence-electron chi connectivity index (χ2n) is 5.66. The normalized spacial score (nSPS) is 10.9. The van der Waals surface area contributed by atoms with Gasteiger partial charge in [-0.3, -0.25) is 4.79 Å². The molecular formula is C15H21N5O2. The predicted octanol–water partition coefficient (Wildman–Crippen LogP) is 0.674. The van der Waals surface area contributed by atoms with Crippen LogP contribution in [0.1, 0.15) is 35.9 Å². The lowest BCUT2D eigenvalue weighted by Gasteiger charge is -2.07. The molecule has 0 aliphatic rings. The van der Waals surface area contributed by atoms with Crippen LogP contribution in [0.2, 0.25) is 0 Å². The number of rotatable bonds is 6. The average Bonchev–Trinajstić information content (AvgIpc) is 2.83. The Balaban J connectivity index is 1.98. The van der Waals surface area contributed by atoms with Gasteiger partial charge < -0.3 is 14.9 Å². The van der Waals surface area contributed by atoms with Crippen molar-refractivity contribution < 1.29 is 4.79 Å². The molecule has 7 nitrogen and oxygen atoms in total. The predicted molar refractivity (Wildman–Crippen MR) is 82.6 cm³/mol. The second kappa shape index (κ2) is 7.02. The van der Waals surface area contributed by atoms with E-state index in [0.29, 0.717) is 25.3 Å². The van der Waals surface area contributed by atoms with Crippen LogP contribution in [0.25, 0.3) is 0 Å². The van der Waals surface area contributed by atoms with Gasteiger partial charge in [0.05, 0.1) is 0 Å². The fourth-order valence-corrected chi connectivity index (χ4v) is 2.19. The van der Waals surface area contributed by atoms with Gasteiger partial charge in [-0.1, -0.05) is 13.8 Å². The summed E-state index contributed by atoms with van der Waals surface area (Å²) in [6.45, 7) is 4.54. The molecule has 7 heteroatoms. The SMILES string of the molecule is CC(C)Cc1cc(C(=O)NCCc2nccn2C)nc(=O)[nH]1. The van der Waals surface area contributed by atoms with E-state index in [9.17, 15) is 9.59 Å². The van der Waals surface area contributed by atoms with E-state index in [0.717, 1.165) is 11.5 Å². The zero-order chi connectivity index (χ0) is 16.1. The van der Waals surface area contributed by atoms with Crippen molar-refractivity contribution >= 4 is 5.91 Å². The first-order valence-electron chi connectivity index (χ1n) is 7.30. The van der Waals surface area contributed by atoms with Gasteiger partial charge in [-0.25, -0.2) is 9.78 Å². The number of nitrogens with one attached hydrogen (secondary N) is 2. The molecule has 0 saturated carbocycles. The molecule has 0 aromatic carbocycles. The van der Waals surface area contributed by atoms with Crippen LogP contribution in [0.3, 0.4) is 0 Å². The van der Waals surface area contributed by atoms with Crippen molar-refractivity contribution in [2.45, 2.75) is 26.7 Å². The largest absolute Gasteiger partial charge is 0.350 e. The van der Waals surface area contributed by atoms with Gasteiger partial charge in [0.25, 0.3) is 5.91 Å². The lowest BCUT2D eigenvalue weighted by Crippen LogP contribution is -2.30. The Labute approximate surface area is 128 Å². The third-order valence-corrected chi connectivity index (χ3v) is 3.22. The van der Waals surface area contributed by atoms with Crippen molar-refractivity contribution in [3.63, 3.8) is 0 Å². The number of hydrogen-bond donors (Lipinski definition) is 2. The van der Waals surface area contributed by atoms with Crippen molar-refractivity contribution in [1.29, 1.82) is 0 Å². The Morgan fingerprint density at radius 2 is 2.23 bits per heavy atom. The van der Waals surface area contributed by atoms with Crippen LogP contribution in [-0.4, -0.2) is 32.0 Å². The van der Waals surface area contributed by atoms with Gasteiger partial charge in [-0.2, -0.15) is 4.98 Å². The minimum absolute atomic E-state index is 0.152. The Morgan fingerprint density at radius 1 is 1.45 bits per heavy atom. The first kappa shape index (κ1) is 15.9. The number of nitrogens with zero attached hydrogens (tertiary/aromatic N) is 3. The van der Waals surface area contributed by atoms with Crippen LogP contribution in [0.4, 0.5) is 0 Å². The molecule has 0 atom stereocenters. The number of aromatic nitrogens is 4. The Kier molecular flexibility index (Phi) is 5.08. The summed E-state index contributed by atoms with van der Waals surface area (Å²) >= 11 is 0. The van der Waals surface area contributed by atoms with Gasteiger partial charge in [-0.05, 0) is 18.4 Å². The third kappa shape index (κ3) is 4.28. The van der Waals surface area contributed by atoms with E-state index in [1.807, 2.05) is 31.7 Å². The molecule has 0 spiro atoms. The minimum Gasteiger partial charge on any atom is -0.350 e. The maximum atomic E-state index is 12.1. The Morgan fingerprint density at radius 3 is 2.86 bits per heavy atom. The molecule has 0 radical (unpaired) electrons. The van der Waals surface area contributed by atoms with E-state index in [-0.39, 0.29) is 11.6 Å². The summed E-state index contributed by atoms with van der Waals surface area (Å²) in [7, 11) is 1.90. The minimum atomic E-state index is -0.493. The summed E-state index contributed by atoms with van der Waals surface area (Å²) in [6, 6.07) is 1.64. The second-order valence-corrected chi connectivity index (χ2v) is 5.66. The van der Waals surface area contributed by atoms with Gasteiger partial charge in [0.15, 0.2) is 0 Å². The molecule has 0 aliphatic heterocycles. The molecule has 2 aromatic heterocycles. The number of hydrogen-bond acceptors (Lipinski definition) is 4. The topological polar surface area (TPSA) is 92.7 Å². The first-order valence-corrected chi connectivity index (χ1v) is 7.30. The molecule has 118 valence electrons. The number of aryl methyl sites for hydroxylation is 1. The van der Waals surface area contributed by atoms with E-state index in [1.165, 1.54) is 0 Å². The van der Waals surface area contributed by atoms with Crippen LogP contribution >= 0.6 is 0 Å². The molecule has 2 rings (SSSR count). The summed E-state index contributed by atoms with van der Waals surface area (Å²) in [4.78, 5) is 34.2. The fraction of sp³-hybridized carbons (Fsp3) is 0.467. The van der Waals surface area contributed by atoms with Gasteiger partial charge in [0, 0.05) is 38.1 Å². The summed E-state index contributed by atoms with van der Waals surface area (Å²) in [5, 5.41) is 2.76. The van der Waals surface area contributed by atoms with Crippen LogP contribution in [-0.2, 0) is 19.9 Å². The van der Waals surface area contributed by atoms with Crippen LogP contribution < -0.4 is 11.0 Å². The lowest BCUT2D eigenvalue weighted by atomic mass is 10.1. The van der Waals surface area contributed by atoms with E-state index in [2.05, 4.69) is 20.3 Å². The Hall–Kier alpha value is -2.44. The molecule has 2 aromatic rings. The van der Waals surface area contributed by atoms with Crippen molar-refractivity contribution in [1.82, 2.24) is 24.8 Å². The first-order chi connectivity index (χ1) is 10.5. The Bertz CT molecular complexity index is 702. The molecule has 1 amide bonds. The number of H-pyrrole nitrogens is 1. The molecule has 2 heterocycles. The molecule has 0 aliphatic carbocycles. The molecule has 2 N–H and O–H groups in total. The highest BCUT2D eigenvalue weighted by atomic mass is 16.2. The van der Waals surface area contributed by atoms with Gasteiger partial charge in [0.2, 0.25) is 0 Å². The highest BCUT2D eigenvalue weighted by molar-refractivity contribution is 5.92. The molecular weight excluding hydrogens is 282 g/mol. The summed E-state index contributed by atoms with van der Waals surface area (Å²) < 4.78 is 1.90. The zero-order valence-electron chi connectivity index (χ0n) is 13.1. The lowest BCUT2D eigenvalue weighted by molar-refractivity contribution is 0.0948. The number of imidazole rings is 1. The van der Waals surface area contributed by atoms with Crippen LogP contribution in [0.15, 0.2) is 23.3 Å². The molecule has 22 heavy (non-hydrogen) atoms. The maximum Gasteiger partial charge on any atom is 0.345 e. The van der Waals surface area contributed by atoms with Gasteiger partial charge in [-0.15, -0.1) is 0 Å². The molecule has 0 unspecified atom stereocenters. The number of carbonyl (C=O) groups excluding carboxylic acids is 1. The monoisotopic (exact) mass is 303 g/mol. The highest BCUT2D eigenvalue weighted by Crippen LogP contribution is 2.04. The number of amides is 1. The summed E-state index contributed by atoms with van der Waals surface area (Å²) in [6.07, 6.45) is 4.89. The quantitative estimate of drug-likeness (QED) is 0.820. The molecule has 0 bridgehead atoms. The van der Waals surface area contributed by atoms with Crippen LogP contribution in [0, 0.1) is 5.92 Å². The summed E-state index contributed by atoms with van der Waals surface area (Å²) in [5.74, 6) is 0.933. The summed E-state index contributed by atoms with van der Waals surface area (Å²) in [5.41, 5.74) is 0.385. The van der Waals surface area contributed by atoms with Crippen LogP contribution in [0.5, 0.6) is 0 Å². The molecule has 0 saturated heterocycles. The third-order valence-electron chi connectivity index (χ3n) is 3.22. The smallest absolute Gasteiger partial charge is 0.345 e. The fourth-order valence-electron chi connectivity index (χ4n) is 2.19. The van der Waals surface area contributed by atoms with Crippen molar-refractivity contribution in [2.24, 2.45) is 13.0 Å². The molecule has 0 fully saturated rings. The van der Waals surface area contributed by atoms with Gasteiger partial charge in [0.1, 0.15) is 11.5 Å². The van der Waals surface area contributed by atoms with E-state index < -0.39 is 5.69 Å². The average molecular weight is 303 g/mol. The van der Waals surface area contributed by atoms with E-state index >= 15 is 0 Å². The van der Waals surface area contributed by atoms with Crippen molar-refractivity contribution in [3.8, 4) is 0 Å². The number of carbonyl (C=O) groups is 1. The number of aromatic amines is 1. The van der Waals surface area contributed by atoms with E-state index in [1.54, 1.807) is 12.3 Å². The van der Waals surface area contributed by atoms with Gasteiger partial charge >= 0.3 is 5.69 Å². The zero-order valence-corrected chi connectivity index (χ0v) is 13.1. The standard InChI is InChI=1S/C15H21N5O2/c1-10(2)8-11-9-12(19-15(22)18-11)14(21)17-5-4-13-16-6-7-20(13)3/h6-7,9-10H,4-5,8H2,1-3H3,(H,17,21)(H,18,19,22). The van der Waals surface area contributed by atoms with Crippen molar-refractivity contribution in [2.75, 3.05) is 6.54 Å². The van der Waals surface area contributed by atoms with E-state index in [4.69, 9.17) is 0 Å².